The van der Waals surface area contributed by atoms with Gasteiger partial charge in [0.15, 0.2) is 0 Å². The van der Waals surface area contributed by atoms with E-state index in [0.717, 1.165) is 10.6 Å². The van der Waals surface area contributed by atoms with Crippen LogP contribution in [0.15, 0.2) is 11.6 Å². The highest BCUT2D eigenvalue weighted by Crippen LogP contribution is 2.15. The molecule has 0 aliphatic carbocycles. The lowest BCUT2D eigenvalue weighted by Gasteiger charge is -1.94. The van der Waals surface area contributed by atoms with Gasteiger partial charge in [-0.1, -0.05) is 16.9 Å². The van der Waals surface area contributed by atoms with E-state index in [4.69, 9.17) is 4.74 Å². The summed E-state index contributed by atoms with van der Waals surface area (Å²) >= 11 is 1.30. The van der Waals surface area contributed by atoms with Crippen molar-refractivity contribution in [1.29, 1.82) is 0 Å². The number of methoxy groups -OCH3 is 1. The number of ether oxygens (including phenoxy) is 1. The van der Waals surface area contributed by atoms with Gasteiger partial charge in [-0.05, 0) is 13.8 Å². The third-order valence-electron chi connectivity index (χ3n) is 1.38. The van der Waals surface area contributed by atoms with Gasteiger partial charge < -0.3 is 4.74 Å². The number of nitrogens with zero attached hydrogens (tertiary/aromatic N) is 2. The lowest BCUT2D eigenvalue weighted by atomic mass is 10.3. The van der Waals surface area contributed by atoms with E-state index in [1.54, 1.807) is 7.11 Å². The van der Waals surface area contributed by atoms with E-state index in [0.29, 0.717) is 11.7 Å². The second-order valence-electron chi connectivity index (χ2n) is 3.14. The van der Waals surface area contributed by atoms with Crippen LogP contribution >= 0.6 is 11.3 Å². The van der Waals surface area contributed by atoms with Gasteiger partial charge in [0.25, 0.3) is 0 Å². The van der Waals surface area contributed by atoms with Crippen LogP contribution in [0, 0.1) is 0 Å². The van der Waals surface area contributed by atoms with E-state index in [9.17, 15) is 4.79 Å². The van der Waals surface area contributed by atoms with Crippen molar-refractivity contribution in [2.24, 2.45) is 0 Å². The summed E-state index contributed by atoms with van der Waals surface area (Å²) in [5.74, 6) is -0.185. The van der Waals surface area contributed by atoms with Gasteiger partial charge in [0, 0.05) is 13.2 Å². The van der Waals surface area contributed by atoms with Crippen LogP contribution in [0.2, 0.25) is 0 Å². The molecule has 1 N–H and O–H groups in total. The fraction of sp³-hybridized carbons (Fsp3) is 0.444. The van der Waals surface area contributed by atoms with Crippen molar-refractivity contribution in [1.82, 2.24) is 10.2 Å². The van der Waals surface area contributed by atoms with Crippen LogP contribution in [0.1, 0.15) is 18.9 Å². The number of hydrogen-bond acceptors (Lipinski definition) is 5. The highest BCUT2D eigenvalue weighted by Gasteiger charge is 2.05. The molecule has 1 amide bonds. The van der Waals surface area contributed by atoms with E-state index in [-0.39, 0.29) is 5.91 Å². The maximum absolute atomic E-state index is 11.3. The first kappa shape index (κ1) is 11.8. The summed E-state index contributed by atoms with van der Waals surface area (Å²) in [6.07, 6.45) is 1.51. The highest BCUT2D eigenvalue weighted by molar-refractivity contribution is 7.15. The normalized spacial score (nSPS) is 9.80. The molecule has 6 heteroatoms. The van der Waals surface area contributed by atoms with Gasteiger partial charge in [-0.25, -0.2) is 0 Å². The van der Waals surface area contributed by atoms with E-state index in [1.165, 1.54) is 17.4 Å². The summed E-state index contributed by atoms with van der Waals surface area (Å²) in [7, 11) is 1.59. The first-order valence-electron chi connectivity index (χ1n) is 4.39. The largest absolute Gasteiger partial charge is 0.377 e. The molecule has 5 nitrogen and oxygen atoms in total. The third-order valence-corrected chi connectivity index (χ3v) is 2.20. The van der Waals surface area contributed by atoms with Crippen molar-refractivity contribution in [2.75, 3.05) is 12.4 Å². The van der Waals surface area contributed by atoms with Crippen molar-refractivity contribution < 1.29 is 9.53 Å². The zero-order valence-corrected chi connectivity index (χ0v) is 9.72. The second-order valence-corrected chi connectivity index (χ2v) is 4.21. The van der Waals surface area contributed by atoms with Crippen molar-refractivity contribution in [3.05, 3.63) is 16.7 Å². The lowest BCUT2D eigenvalue weighted by Crippen LogP contribution is -2.07. The molecule has 1 heterocycles. The Bertz CT molecular complexity index is 369. The average Bonchev–Trinajstić information content (AvgIpc) is 2.51. The predicted molar refractivity (Wildman–Crippen MR) is 58.7 cm³/mol. The van der Waals surface area contributed by atoms with Crippen molar-refractivity contribution >= 4 is 22.4 Å². The van der Waals surface area contributed by atoms with Gasteiger partial charge in [0.2, 0.25) is 11.0 Å². The van der Waals surface area contributed by atoms with Crippen LogP contribution < -0.4 is 5.32 Å². The van der Waals surface area contributed by atoms with Crippen LogP contribution in [0.5, 0.6) is 0 Å². The molecule has 0 fully saturated rings. The minimum absolute atomic E-state index is 0.185. The number of rotatable bonds is 4. The molecule has 82 valence electrons. The Hall–Kier alpha value is -1.27. The summed E-state index contributed by atoms with van der Waals surface area (Å²) in [5, 5.41) is 11.5. The van der Waals surface area contributed by atoms with Gasteiger partial charge >= 0.3 is 0 Å². The number of hydrogen-bond donors (Lipinski definition) is 1. The minimum Gasteiger partial charge on any atom is -0.377 e. The number of aromatic nitrogens is 2. The number of carbonyl (C=O) groups excluding carboxylic acids is 1. The first-order chi connectivity index (χ1) is 7.11. The zero-order chi connectivity index (χ0) is 11.3. The number of amides is 1. The molecule has 0 saturated heterocycles. The molecule has 15 heavy (non-hydrogen) atoms. The Morgan fingerprint density at radius 3 is 2.87 bits per heavy atom. The topological polar surface area (TPSA) is 64.1 Å². The molecule has 0 spiro atoms. The van der Waals surface area contributed by atoms with E-state index < -0.39 is 0 Å². The number of carbonyl (C=O) groups is 1. The Kier molecular flexibility index (Phi) is 4.38. The summed E-state index contributed by atoms with van der Waals surface area (Å²) in [6, 6.07) is 0. The van der Waals surface area contributed by atoms with E-state index in [2.05, 4.69) is 15.5 Å². The molecule has 0 bridgehead atoms. The van der Waals surface area contributed by atoms with Crippen LogP contribution in [0.3, 0.4) is 0 Å². The number of anilines is 1. The Morgan fingerprint density at radius 2 is 2.27 bits per heavy atom. The summed E-state index contributed by atoms with van der Waals surface area (Å²) in [4.78, 5) is 11.3. The van der Waals surface area contributed by atoms with Gasteiger partial charge in [0.1, 0.15) is 11.6 Å². The van der Waals surface area contributed by atoms with Gasteiger partial charge in [-0.3, -0.25) is 10.1 Å². The summed E-state index contributed by atoms with van der Waals surface area (Å²) < 4.78 is 4.89. The SMILES string of the molecule is COCc1nnc(NC(=O)C=C(C)C)s1. The van der Waals surface area contributed by atoms with E-state index >= 15 is 0 Å². The minimum atomic E-state index is -0.185. The molecule has 0 unspecified atom stereocenters. The quantitative estimate of drug-likeness (QED) is 0.793. The lowest BCUT2D eigenvalue weighted by molar-refractivity contribution is -0.111. The monoisotopic (exact) mass is 227 g/mol. The Labute approximate surface area is 92.2 Å². The first-order valence-corrected chi connectivity index (χ1v) is 5.20. The van der Waals surface area contributed by atoms with Crippen molar-refractivity contribution in [3.8, 4) is 0 Å². The van der Waals surface area contributed by atoms with Crippen molar-refractivity contribution in [2.45, 2.75) is 20.5 Å². The van der Waals surface area contributed by atoms with E-state index in [1.807, 2.05) is 13.8 Å². The van der Waals surface area contributed by atoms with Crippen LogP contribution in [-0.4, -0.2) is 23.2 Å². The molecular weight excluding hydrogens is 214 g/mol. The standard InChI is InChI=1S/C9H13N3O2S/c1-6(2)4-7(13)10-9-12-11-8(15-9)5-14-3/h4H,5H2,1-3H3,(H,10,12,13). The molecule has 0 aromatic carbocycles. The molecule has 1 aromatic heterocycles. The Balaban J connectivity index is 2.57. The van der Waals surface area contributed by atoms with Crippen LogP contribution in [0.4, 0.5) is 5.13 Å². The molecule has 0 aliphatic heterocycles. The molecule has 0 aliphatic rings. The van der Waals surface area contributed by atoms with Gasteiger partial charge in [0.05, 0.1) is 0 Å². The van der Waals surface area contributed by atoms with Crippen LogP contribution in [0.25, 0.3) is 0 Å². The third kappa shape index (κ3) is 4.18. The van der Waals surface area contributed by atoms with Crippen molar-refractivity contribution in [3.63, 3.8) is 0 Å². The molecular formula is C9H13N3O2S. The summed E-state index contributed by atoms with van der Waals surface area (Å²) in [6.45, 7) is 4.13. The smallest absolute Gasteiger partial charge is 0.250 e. The average molecular weight is 227 g/mol. The maximum atomic E-state index is 11.3. The van der Waals surface area contributed by atoms with Gasteiger partial charge in [-0.2, -0.15) is 0 Å². The van der Waals surface area contributed by atoms with Gasteiger partial charge in [-0.15, -0.1) is 10.2 Å². The molecule has 0 saturated carbocycles. The Morgan fingerprint density at radius 1 is 1.53 bits per heavy atom. The zero-order valence-electron chi connectivity index (χ0n) is 8.90. The molecule has 0 radical (unpaired) electrons. The highest BCUT2D eigenvalue weighted by atomic mass is 32.1. The summed E-state index contributed by atoms with van der Waals surface area (Å²) in [5.41, 5.74) is 0.939. The predicted octanol–water partition coefficient (Wildman–Crippen LogP) is 1.59. The van der Waals surface area contributed by atoms with Crippen LogP contribution in [-0.2, 0) is 16.1 Å². The molecule has 1 rings (SSSR count). The molecule has 0 atom stereocenters. The molecule has 1 aromatic rings. The number of allylic oxidation sites excluding steroid dienone is 1. The maximum Gasteiger partial charge on any atom is 0.250 e. The second kappa shape index (κ2) is 5.57. The number of nitrogens with one attached hydrogen (secondary N) is 1. The fourth-order valence-electron chi connectivity index (χ4n) is 0.890. The fourth-order valence-corrected chi connectivity index (χ4v) is 1.60.